The molecule has 1 aliphatic carbocycles. The van der Waals surface area contributed by atoms with Crippen LogP contribution in [-0.2, 0) is 4.74 Å². The van der Waals surface area contributed by atoms with Gasteiger partial charge in [-0.15, -0.1) is 0 Å². The van der Waals surface area contributed by atoms with Crippen molar-refractivity contribution in [1.82, 2.24) is 5.32 Å². The Morgan fingerprint density at radius 1 is 1.19 bits per heavy atom. The van der Waals surface area contributed by atoms with E-state index in [9.17, 15) is 0 Å². The summed E-state index contributed by atoms with van der Waals surface area (Å²) in [5.41, 5.74) is -0.0126. The normalized spacial score (nSPS) is 18.9. The molecule has 0 aromatic carbocycles. The SMILES string of the molecule is CCOC(C)(C)CNCCC1CCCCC1. The van der Waals surface area contributed by atoms with Gasteiger partial charge in [-0.3, -0.25) is 0 Å². The minimum Gasteiger partial charge on any atom is -0.375 e. The quantitative estimate of drug-likeness (QED) is 0.673. The van der Waals surface area contributed by atoms with E-state index in [1.54, 1.807) is 0 Å². The highest BCUT2D eigenvalue weighted by Crippen LogP contribution is 2.25. The molecule has 1 saturated carbocycles. The molecule has 0 heterocycles. The van der Waals surface area contributed by atoms with Crippen LogP contribution in [0.3, 0.4) is 0 Å². The lowest BCUT2D eigenvalue weighted by atomic mass is 9.87. The Kier molecular flexibility index (Phi) is 6.37. The van der Waals surface area contributed by atoms with Crippen molar-refractivity contribution < 1.29 is 4.74 Å². The van der Waals surface area contributed by atoms with E-state index in [1.807, 2.05) is 0 Å². The summed E-state index contributed by atoms with van der Waals surface area (Å²) in [5, 5.41) is 3.53. The summed E-state index contributed by atoms with van der Waals surface area (Å²) < 4.78 is 5.66. The molecule has 0 saturated heterocycles. The largest absolute Gasteiger partial charge is 0.375 e. The summed E-state index contributed by atoms with van der Waals surface area (Å²) >= 11 is 0. The van der Waals surface area contributed by atoms with Gasteiger partial charge in [-0.2, -0.15) is 0 Å². The number of hydrogen-bond acceptors (Lipinski definition) is 2. The second-order valence-corrected chi connectivity index (χ2v) is 5.66. The Balaban J connectivity index is 2.02. The number of ether oxygens (including phenoxy) is 1. The van der Waals surface area contributed by atoms with Crippen LogP contribution in [-0.4, -0.2) is 25.3 Å². The van der Waals surface area contributed by atoms with Crippen LogP contribution in [0.15, 0.2) is 0 Å². The third-order valence-electron chi connectivity index (χ3n) is 3.54. The first kappa shape index (κ1) is 14.0. The summed E-state index contributed by atoms with van der Waals surface area (Å²) in [6.45, 7) is 9.30. The molecule has 2 nitrogen and oxygen atoms in total. The van der Waals surface area contributed by atoms with Gasteiger partial charge in [-0.25, -0.2) is 0 Å². The number of rotatable bonds is 7. The van der Waals surface area contributed by atoms with Crippen molar-refractivity contribution in [1.29, 1.82) is 0 Å². The highest BCUT2D eigenvalue weighted by molar-refractivity contribution is 4.73. The molecule has 1 fully saturated rings. The minimum atomic E-state index is -0.0126. The monoisotopic (exact) mass is 227 g/mol. The van der Waals surface area contributed by atoms with Crippen LogP contribution in [0.2, 0.25) is 0 Å². The zero-order valence-electron chi connectivity index (χ0n) is 11.3. The molecule has 0 atom stereocenters. The molecule has 1 aliphatic rings. The number of hydrogen-bond donors (Lipinski definition) is 1. The first-order valence-electron chi connectivity index (χ1n) is 6.99. The molecule has 0 aromatic rings. The van der Waals surface area contributed by atoms with Crippen molar-refractivity contribution in [2.75, 3.05) is 19.7 Å². The Morgan fingerprint density at radius 2 is 1.88 bits per heavy atom. The first-order valence-corrected chi connectivity index (χ1v) is 6.99. The molecule has 16 heavy (non-hydrogen) atoms. The molecule has 0 bridgehead atoms. The molecule has 2 heteroatoms. The van der Waals surface area contributed by atoms with E-state index in [0.717, 1.165) is 25.6 Å². The van der Waals surface area contributed by atoms with Gasteiger partial charge < -0.3 is 10.1 Å². The van der Waals surface area contributed by atoms with Gasteiger partial charge in [0, 0.05) is 13.2 Å². The van der Waals surface area contributed by atoms with Gasteiger partial charge in [-0.05, 0) is 39.7 Å². The van der Waals surface area contributed by atoms with Crippen LogP contribution in [0.25, 0.3) is 0 Å². The van der Waals surface area contributed by atoms with Crippen molar-refractivity contribution in [3.05, 3.63) is 0 Å². The lowest BCUT2D eigenvalue weighted by Crippen LogP contribution is -2.38. The van der Waals surface area contributed by atoms with Crippen molar-refractivity contribution in [3.63, 3.8) is 0 Å². The molecule has 0 amide bonds. The standard InChI is InChI=1S/C14H29NO/c1-4-16-14(2,3)12-15-11-10-13-8-6-5-7-9-13/h13,15H,4-12H2,1-3H3. The number of nitrogens with one attached hydrogen (secondary N) is 1. The van der Waals surface area contributed by atoms with Crippen LogP contribution in [0.5, 0.6) is 0 Å². The van der Waals surface area contributed by atoms with E-state index in [0.29, 0.717) is 0 Å². The second-order valence-electron chi connectivity index (χ2n) is 5.66. The van der Waals surface area contributed by atoms with Crippen molar-refractivity contribution >= 4 is 0 Å². The predicted octanol–water partition coefficient (Wildman–Crippen LogP) is 3.36. The van der Waals surface area contributed by atoms with Crippen LogP contribution in [0.4, 0.5) is 0 Å². The van der Waals surface area contributed by atoms with E-state index >= 15 is 0 Å². The van der Waals surface area contributed by atoms with Crippen LogP contribution in [0, 0.1) is 5.92 Å². The molecular weight excluding hydrogens is 198 g/mol. The Morgan fingerprint density at radius 3 is 2.50 bits per heavy atom. The third kappa shape index (κ3) is 5.86. The molecule has 0 radical (unpaired) electrons. The van der Waals surface area contributed by atoms with Crippen LogP contribution in [0.1, 0.15) is 59.3 Å². The van der Waals surface area contributed by atoms with Crippen molar-refractivity contribution in [2.45, 2.75) is 64.9 Å². The lowest BCUT2D eigenvalue weighted by Gasteiger charge is -2.26. The molecule has 1 rings (SSSR count). The van der Waals surface area contributed by atoms with E-state index < -0.39 is 0 Å². The summed E-state index contributed by atoms with van der Waals surface area (Å²) in [7, 11) is 0. The van der Waals surface area contributed by atoms with E-state index in [1.165, 1.54) is 38.5 Å². The average Bonchev–Trinajstić information content (AvgIpc) is 2.26. The van der Waals surface area contributed by atoms with Gasteiger partial charge in [0.15, 0.2) is 0 Å². The van der Waals surface area contributed by atoms with Gasteiger partial charge in [-0.1, -0.05) is 32.1 Å². The zero-order chi connectivity index (χ0) is 11.9. The molecule has 0 spiro atoms. The van der Waals surface area contributed by atoms with Crippen molar-refractivity contribution in [3.8, 4) is 0 Å². The van der Waals surface area contributed by atoms with Gasteiger partial charge in [0.2, 0.25) is 0 Å². The molecule has 0 aromatic heterocycles. The Bertz CT molecular complexity index is 174. The highest BCUT2D eigenvalue weighted by Gasteiger charge is 2.17. The Labute approximate surface area is 101 Å². The maximum atomic E-state index is 5.66. The highest BCUT2D eigenvalue weighted by atomic mass is 16.5. The summed E-state index contributed by atoms with van der Waals surface area (Å²) in [6, 6.07) is 0. The average molecular weight is 227 g/mol. The fraction of sp³-hybridized carbons (Fsp3) is 1.00. The van der Waals surface area contributed by atoms with Gasteiger partial charge in [0.1, 0.15) is 0 Å². The molecule has 0 unspecified atom stereocenters. The summed E-state index contributed by atoms with van der Waals surface area (Å²) in [4.78, 5) is 0. The molecular formula is C14H29NO. The van der Waals surface area contributed by atoms with Crippen LogP contribution >= 0.6 is 0 Å². The third-order valence-corrected chi connectivity index (χ3v) is 3.54. The zero-order valence-corrected chi connectivity index (χ0v) is 11.3. The van der Waals surface area contributed by atoms with Gasteiger partial charge in [0.25, 0.3) is 0 Å². The summed E-state index contributed by atoms with van der Waals surface area (Å²) in [6.07, 6.45) is 8.63. The maximum absolute atomic E-state index is 5.66. The van der Waals surface area contributed by atoms with Gasteiger partial charge in [0.05, 0.1) is 5.60 Å². The fourth-order valence-electron chi connectivity index (χ4n) is 2.61. The van der Waals surface area contributed by atoms with Crippen molar-refractivity contribution in [2.24, 2.45) is 5.92 Å². The first-order chi connectivity index (χ1) is 7.64. The van der Waals surface area contributed by atoms with E-state index in [4.69, 9.17) is 4.74 Å². The lowest BCUT2D eigenvalue weighted by molar-refractivity contribution is -0.00887. The minimum absolute atomic E-state index is 0.0126. The second kappa shape index (κ2) is 7.29. The molecule has 1 N–H and O–H groups in total. The van der Waals surface area contributed by atoms with E-state index in [-0.39, 0.29) is 5.60 Å². The smallest absolute Gasteiger partial charge is 0.0750 e. The fourth-order valence-corrected chi connectivity index (χ4v) is 2.61. The summed E-state index contributed by atoms with van der Waals surface area (Å²) in [5.74, 6) is 0.983. The van der Waals surface area contributed by atoms with E-state index in [2.05, 4.69) is 26.1 Å². The predicted molar refractivity (Wildman–Crippen MR) is 69.8 cm³/mol. The van der Waals surface area contributed by atoms with Gasteiger partial charge >= 0.3 is 0 Å². The molecule has 96 valence electrons. The Hall–Kier alpha value is -0.0800. The van der Waals surface area contributed by atoms with Crippen LogP contribution < -0.4 is 5.32 Å². The molecule has 0 aliphatic heterocycles. The maximum Gasteiger partial charge on any atom is 0.0750 e. The topological polar surface area (TPSA) is 21.3 Å².